The Morgan fingerprint density at radius 2 is 1.33 bits per heavy atom. The van der Waals surface area contributed by atoms with Gasteiger partial charge in [-0.3, -0.25) is 9.59 Å². The van der Waals surface area contributed by atoms with Gasteiger partial charge in [0.15, 0.2) is 5.78 Å². The van der Waals surface area contributed by atoms with E-state index in [1.54, 1.807) is 48.3 Å². The SMILES string of the molecule is CN(CCOc1ccccc1)C(=O)c1ccccc1C(=O)c1ccccc1. The zero-order chi connectivity index (χ0) is 19.1. The van der Waals surface area contributed by atoms with Crippen LogP contribution in [0.3, 0.4) is 0 Å². The molecule has 0 radical (unpaired) electrons. The minimum atomic E-state index is -0.202. The van der Waals surface area contributed by atoms with Crippen LogP contribution in [0, 0.1) is 0 Å². The van der Waals surface area contributed by atoms with Crippen molar-refractivity contribution in [3.8, 4) is 5.75 Å². The number of benzene rings is 3. The van der Waals surface area contributed by atoms with Crippen molar-refractivity contribution in [3.05, 3.63) is 102 Å². The molecule has 0 spiro atoms. The van der Waals surface area contributed by atoms with Crippen LogP contribution < -0.4 is 4.74 Å². The molecule has 4 heteroatoms. The lowest BCUT2D eigenvalue weighted by Crippen LogP contribution is -2.32. The number of nitrogens with zero attached hydrogens (tertiary/aromatic N) is 1. The third-order valence-corrected chi connectivity index (χ3v) is 4.22. The molecule has 0 unspecified atom stereocenters. The fourth-order valence-electron chi connectivity index (χ4n) is 2.74. The van der Waals surface area contributed by atoms with Crippen molar-refractivity contribution in [1.29, 1.82) is 0 Å². The summed E-state index contributed by atoms with van der Waals surface area (Å²) in [5, 5.41) is 0. The summed E-state index contributed by atoms with van der Waals surface area (Å²) in [7, 11) is 1.71. The van der Waals surface area contributed by atoms with Gasteiger partial charge in [0.05, 0.1) is 12.1 Å². The van der Waals surface area contributed by atoms with Crippen LogP contribution in [0.4, 0.5) is 0 Å². The molecule has 0 aliphatic rings. The third kappa shape index (κ3) is 4.61. The summed E-state index contributed by atoms with van der Waals surface area (Å²) in [6.07, 6.45) is 0. The molecule has 4 nitrogen and oxygen atoms in total. The summed E-state index contributed by atoms with van der Waals surface area (Å²) >= 11 is 0. The van der Waals surface area contributed by atoms with Crippen LogP contribution in [0.15, 0.2) is 84.9 Å². The first kappa shape index (κ1) is 18.4. The Hall–Kier alpha value is -3.40. The molecule has 0 heterocycles. The number of hydrogen-bond donors (Lipinski definition) is 0. The molecule has 0 atom stereocenters. The highest BCUT2D eigenvalue weighted by Crippen LogP contribution is 2.16. The van der Waals surface area contributed by atoms with E-state index in [-0.39, 0.29) is 11.7 Å². The zero-order valence-corrected chi connectivity index (χ0v) is 15.2. The Balaban J connectivity index is 1.70. The van der Waals surface area contributed by atoms with Crippen molar-refractivity contribution in [2.24, 2.45) is 0 Å². The molecule has 3 aromatic rings. The van der Waals surface area contributed by atoms with Crippen LogP contribution in [0.5, 0.6) is 5.75 Å². The Morgan fingerprint density at radius 1 is 0.778 bits per heavy atom. The largest absolute Gasteiger partial charge is 0.492 e. The van der Waals surface area contributed by atoms with Gasteiger partial charge in [-0.2, -0.15) is 0 Å². The molecule has 0 aliphatic carbocycles. The van der Waals surface area contributed by atoms with Gasteiger partial charge in [0, 0.05) is 18.2 Å². The second kappa shape index (κ2) is 8.81. The van der Waals surface area contributed by atoms with Gasteiger partial charge in [-0.05, 0) is 18.2 Å². The maximum atomic E-state index is 12.9. The van der Waals surface area contributed by atoms with Gasteiger partial charge in [-0.15, -0.1) is 0 Å². The number of rotatable bonds is 7. The standard InChI is InChI=1S/C23H21NO3/c1-24(16-17-27-19-12-6-3-7-13-19)23(26)21-15-9-8-14-20(21)22(25)18-10-4-2-5-11-18/h2-15H,16-17H2,1H3. The zero-order valence-electron chi connectivity index (χ0n) is 15.2. The minimum absolute atomic E-state index is 0.159. The van der Waals surface area contributed by atoms with Gasteiger partial charge in [0.1, 0.15) is 12.4 Å². The quantitative estimate of drug-likeness (QED) is 0.598. The van der Waals surface area contributed by atoms with Crippen molar-refractivity contribution in [1.82, 2.24) is 4.90 Å². The number of likely N-dealkylation sites (N-methyl/N-ethyl adjacent to an activating group) is 1. The summed E-state index contributed by atoms with van der Waals surface area (Å²) in [6, 6.07) is 25.4. The molecule has 0 N–H and O–H groups in total. The van der Waals surface area contributed by atoms with E-state index >= 15 is 0 Å². The van der Waals surface area contributed by atoms with Crippen molar-refractivity contribution in [2.45, 2.75) is 0 Å². The first-order chi connectivity index (χ1) is 13.2. The average molecular weight is 359 g/mol. The molecule has 1 amide bonds. The molecule has 0 bridgehead atoms. The second-order valence-corrected chi connectivity index (χ2v) is 6.13. The van der Waals surface area contributed by atoms with E-state index < -0.39 is 0 Å². The van der Waals surface area contributed by atoms with Gasteiger partial charge in [-0.1, -0.05) is 66.7 Å². The number of para-hydroxylation sites is 1. The maximum absolute atomic E-state index is 12.9. The van der Waals surface area contributed by atoms with Crippen LogP contribution in [0.1, 0.15) is 26.3 Å². The number of hydrogen-bond acceptors (Lipinski definition) is 3. The smallest absolute Gasteiger partial charge is 0.254 e. The molecule has 27 heavy (non-hydrogen) atoms. The lowest BCUT2D eigenvalue weighted by molar-refractivity contribution is 0.0769. The highest BCUT2D eigenvalue weighted by atomic mass is 16.5. The van der Waals surface area contributed by atoms with Crippen molar-refractivity contribution in [3.63, 3.8) is 0 Å². The fraction of sp³-hybridized carbons (Fsp3) is 0.130. The van der Waals surface area contributed by atoms with E-state index in [1.165, 1.54) is 0 Å². The molecule has 3 aromatic carbocycles. The number of ether oxygens (including phenoxy) is 1. The predicted molar refractivity (Wildman–Crippen MR) is 105 cm³/mol. The Morgan fingerprint density at radius 3 is 2.00 bits per heavy atom. The molecular weight excluding hydrogens is 338 g/mol. The van der Waals surface area contributed by atoms with Crippen molar-refractivity contribution >= 4 is 11.7 Å². The van der Waals surface area contributed by atoms with Crippen LogP contribution in [0.25, 0.3) is 0 Å². The van der Waals surface area contributed by atoms with Crippen molar-refractivity contribution < 1.29 is 14.3 Å². The number of amides is 1. The lowest BCUT2D eigenvalue weighted by Gasteiger charge is -2.19. The first-order valence-electron chi connectivity index (χ1n) is 8.79. The monoisotopic (exact) mass is 359 g/mol. The van der Waals surface area contributed by atoms with Gasteiger partial charge < -0.3 is 9.64 Å². The van der Waals surface area contributed by atoms with Gasteiger partial charge >= 0.3 is 0 Å². The van der Waals surface area contributed by atoms with Crippen LogP contribution in [-0.2, 0) is 0 Å². The molecule has 0 saturated heterocycles. The number of ketones is 1. The Kier molecular flexibility index (Phi) is 6.00. The topological polar surface area (TPSA) is 46.6 Å². The fourth-order valence-corrected chi connectivity index (χ4v) is 2.74. The molecule has 0 aromatic heterocycles. The number of carbonyl (C=O) groups excluding carboxylic acids is 2. The van der Waals surface area contributed by atoms with E-state index in [4.69, 9.17) is 4.74 Å². The van der Waals surface area contributed by atoms with E-state index in [1.807, 2.05) is 48.5 Å². The molecule has 0 aliphatic heterocycles. The summed E-state index contributed by atoms with van der Waals surface area (Å²) in [5.74, 6) is 0.401. The van der Waals surface area contributed by atoms with Crippen LogP contribution in [-0.4, -0.2) is 36.8 Å². The van der Waals surface area contributed by atoms with E-state index in [0.717, 1.165) is 5.75 Å². The van der Waals surface area contributed by atoms with Crippen LogP contribution >= 0.6 is 0 Å². The Labute approximate surface area is 159 Å². The van der Waals surface area contributed by atoms with E-state index in [2.05, 4.69) is 0 Å². The molecule has 3 rings (SSSR count). The highest BCUT2D eigenvalue weighted by molar-refractivity contribution is 6.15. The normalized spacial score (nSPS) is 10.3. The molecule has 0 fully saturated rings. The average Bonchev–Trinajstić information content (AvgIpc) is 2.74. The summed E-state index contributed by atoms with van der Waals surface area (Å²) < 4.78 is 5.65. The Bertz CT molecular complexity index is 907. The van der Waals surface area contributed by atoms with E-state index in [9.17, 15) is 9.59 Å². The maximum Gasteiger partial charge on any atom is 0.254 e. The molecule has 0 saturated carbocycles. The summed E-state index contributed by atoms with van der Waals surface area (Å²) in [5.41, 5.74) is 1.37. The predicted octanol–water partition coefficient (Wildman–Crippen LogP) is 4.07. The molecule has 136 valence electrons. The van der Waals surface area contributed by atoms with E-state index in [0.29, 0.717) is 29.8 Å². The van der Waals surface area contributed by atoms with Gasteiger partial charge in [0.2, 0.25) is 0 Å². The first-order valence-corrected chi connectivity index (χ1v) is 8.79. The van der Waals surface area contributed by atoms with Crippen LogP contribution in [0.2, 0.25) is 0 Å². The summed E-state index contributed by atoms with van der Waals surface area (Å²) in [4.78, 5) is 27.2. The number of carbonyl (C=O) groups is 2. The lowest BCUT2D eigenvalue weighted by atomic mass is 9.97. The van der Waals surface area contributed by atoms with Gasteiger partial charge in [-0.25, -0.2) is 0 Å². The third-order valence-electron chi connectivity index (χ3n) is 4.22. The second-order valence-electron chi connectivity index (χ2n) is 6.13. The molecular formula is C23H21NO3. The highest BCUT2D eigenvalue weighted by Gasteiger charge is 2.20. The summed E-state index contributed by atoms with van der Waals surface area (Å²) in [6.45, 7) is 0.794. The van der Waals surface area contributed by atoms with Crippen molar-refractivity contribution in [2.75, 3.05) is 20.2 Å². The minimum Gasteiger partial charge on any atom is -0.492 e. The van der Waals surface area contributed by atoms with Gasteiger partial charge in [0.25, 0.3) is 5.91 Å².